The van der Waals surface area contributed by atoms with Gasteiger partial charge in [0.05, 0.1) is 5.75 Å². The van der Waals surface area contributed by atoms with Gasteiger partial charge in [-0.3, -0.25) is 4.79 Å². The monoisotopic (exact) mass is 388 g/mol. The summed E-state index contributed by atoms with van der Waals surface area (Å²) in [5.41, 5.74) is 2.89. The van der Waals surface area contributed by atoms with Crippen LogP contribution in [0.25, 0.3) is 0 Å². The third kappa shape index (κ3) is 5.99. The molecule has 1 heterocycles. The van der Waals surface area contributed by atoms with Gasteiger partial charge < -0.3 is 9.80 Å². The number of rotatable bonds is 8. The first kappa shape index (κ1) is 20.7. The number of piperidine rings is 1. The van der Waals surface area contributed by atoms with Crippen LogP contribution in [0.15, 0.2) is 24.3 Å². The molecule has 1 saturated carbocycles. The Hall–Kier alpha value is -1.00. The second-order valence-corrected chi connectivity index (χ2v) is 9.24. The molecule has 0 unspecified atom stereocenters. The summed E-state index contributed by atoms with van der Waals surface area (Å²) in [6, 6.07) is 9.27. The van der Waals surface area contributed by atoms with Crippen molar-refractivity contribution in [2.24, 2.45) is 5.92 Å². The second kappa shape index (κ2) is 10.5. The number of amides is 1. The fourth-order valence-corrected chi connectivity index (χ4v) is 5.13. The number of carbonyl (C=O) groups is 1. The van der Waals surface area contributed by atoms with E-state index in [-0.39, 0.29) is 0 Å². The molecule has 3 rings (SSSR count). The summed E-state index contributed by atoms with van der Waals surface area (Å²) in [4.78, 5) is 17.5. The number of benzene rings is 1. The lowest BCUT2D eigenvalue weighted by molar-refractivity contribution is -0.131. The Labute approximate surface area is 169 Å². The maximum atomic E-state index is 12.7. The van der Waals surface area contributed by atoms with Crippen LogP contribution in [0.3, 0.4) is 0 Å². The molecule has 1 amide bonds. The standard InChI is InChI=1S/C23H36N2OS/c1-19-7-3-4-8-21(19)13-16-24-14-11-20(12-15-24)17-25(23(26)18-27-2)22-9-5-6-10-22/h3-4,7-8,20,22H,5-6,9-18H2,1-2H3. The fourth-order valence-electron chi connectivity index (χ4n) is 4.72. The number of aryl methyl sites for hydroxylation is 1. The minimum Gasteiger partial charge on any atom is -0.339 e. The molecule has 1 aromatic rings. The number of nitrogens with zero attached hydrogens (tertiary/aromatic N) is 2. The van der Waals surface area contributed by atoms with Gasteiger partial charge in [-0.1, -0.05) is 37.1 Å². The first-order valence-electron chi connectivity index (χ1n) is 10.7. The van der Waals surface area contributed by atoms with Crippen LogP contribution in [-0.4, -0.2) is 59.9 Å². The molecule has 1 saturated heterocycles. The maximum Gasteiger partial charge on any atom is 0.232 e. The predicted octanol–water partition coefficient (Wildman–Crippen LogP) is 4.38. The van der Waals surface area contributed by atoms with Gasteiger partial charge in [-0.25, -0.2) is 0 Å². The van der Waals surface area contributed by atoms with E-state index in [0.29, 0.717) is 23.6 Å². The lowest BCUT2D eigenvalue weighted by atomic mass is 9.95. The van der Waals surface area contributed by atoms with Crippen LogP contribution in [0.2, 0.25) is 0 Å². The largest absolute Gasteiger partial charge is 0.339 e. The van der Waals surface area contributed by atoms with Gasteiger partial charge in [0.25, 0.3) is 0 Å². The Balaban J connectivity index is 1.46. The third-order valence-electron chi connectivity index (χ3n) is 6.47. The van der Waals surface area contributed by atoms with E-state index in [9.17, 15) is 4.79 Å². The topological polar surface area (TPSA) is 23.6 Å². The summed E-state index contributed by atoms with van der Waals surface area (Å²) in [5.74, 6) is 1.70. The fraction of sp³-hybridized carbons (Fsp3) is 0.696. The summed E-state index contributed by atoms with van der Waals surface area (Å²) in [7, 11) is 0. The van der Waals surface area contributed by atoms with E-state index in [0.717, 1.165) is 19.5 Å². The molecule has 1 aliphatic carbocycles. The lowest BCUT2D eigenvalue weighted by Gasteiger charge is -2.37. The Kier molecular flexibility index (Phi) is 8.07. The molecular weight excluding hydrogens is 352 g/mol. The summed E-state index contributed by atoms with van der Waals surface area (Å²) in [5, 5.41) is 0. The van der Waals surface area contributed by atoms with E-state index in [2.05, 4.69) is 41.0 Å². The summed E-state index contributed by atoms with van der Waals surface area (Å²) < 4.78 is 0. The van der Waals surface area contributed by atoms with Crippen LogP contribution in [0.1, 0.15) is 49.7 Å². The molecule has 0 bridgehead atoms. The molecule has 27 heavy (non-hydrogen) atoms. The van der Waals surface area contributed by atoms with E-state index in [1.54, 1.807) is 11.8 Å². The molecule has 150 valence electrons. The van der Waals surface area contributed by atoms with E-state index in [1.807, 2.05) is 6.26 Å². The van der Waals surface area contributed by atoms with Crippen molar-refractivity contribution in [1.82, 2.24) is 9.80 Å². The maximum absolute atomic E-state index is 12.7. The zero-order valence-corrected chi connectivity index (χ0v) is 18.0. The van der Waals surface area contributed by atoms with Crippen molar-refractivity contribution in [3.05, 3.63) is 35.4 Å². The van der Waals surface area contributed by atoms with Gasteiger partial charge in [-0.05, 0) is 75.4 Å². The number of thioether (sulfide) groups is 1. The van der Waals surface area contributed by atoms with Crippen LogP contribution < -0.4 is 0 Å². The smallest absolute Gasteiger partial charge is 0.232 e. The van der Waals surface area contributed by atoms with Crippen molar-refractivity contribution in [3.63, 3.8) is 0 Å². The highest BCUT2D eigenvalue weighted by Gasteiger charge is 2.29. The van der Waals surface area contributed by atoms with Gasteiger partial charge in [0.15, 0.2) is 0 Å². The first-order valence-corrected chi connectivity index (χ1v) is 12.1. The number of likely N-dealkylation sites (tertiary alicyclic amines) is 1. The second-order valence-electron chi connectivity index (χ2n) is 8.38. The Bertz CT molecular complexity index is 592. The van der Waals surface area contributed by atoms with Crippen molar-refractivity contribution in [3.8, 4) is 0 Å². The highest BCUT2D eigenvalue weighted by Crippen LogP contribution is 2.27. The van der Waals surface area contributed by atoms with Crippen molar-refractivity contribution < 1.29 is 4.79 Å². The zero-order valence-electron chi connectivity index (χ0n) is 17.2. The highest BCUT2D eigenvalue weighted by molar-refractivity contribution is 7.99. The van der Waals surface area contributed by atoms with Crippen LogP contribution in [0, 0.1) is 12.8 Å². The average Bonchev–Trinajstić information content (AvgIpc) is 3.21. The van der Waals surface area contributed by atoms with Gasteiger partial charge >= 0.3 is 0 Å². The molecule has 0 radical (unpaired) electrons. The van der Waals surface area contributed by atoms with Crippen molar-refractivity contribution in [2.45, 2.75) is 57.9 Å². The lowest BCUT2D eigenvalue weighted by Crippen LogP contribution is -2.45. The Morgan fingerprint density at radius 1 is 1.15 bits per heavy atom. The third-order valence-corrected chi connectivity index (χ3v) is 7.01. The zero-order chi connectivity index (χ0) is 19.1. The van der Waals surface area contributed by atoms with E-state index in [4.69, 9.17) is 0 Å². The summed E-state index contributed by atoms with van der Waals surface area (Å²) in [6.45, 7) is 6.74. The van der Waals surface area contributed by atoms with Gasteiger partial charge in [0, 0.05) is 19.1 Å². The van der Waals surface area contributed by atoms with Crippen LogP contribution in [0.4, 0.5) is 0 Å². The molecule has 0 spiro atoms. The van der Waals surface area contributed by atoms with E-state index in [1.165, 1.54) is 62.7 Å². The molecule has 2 fully saturated rings. The molecule has 4 heteroatoms. The quantitative estimate of drug-likeness (QED) is 0.660. The molecular formula is C23H36N2OS. The Morgan fingerprint density at radius 2 is 1.85 bits per heavy atom. The van der Waals surface area contributed by atoms with Gasteiger partial charge in [0.1, 0.15) is 0 Å². The SMILES string of the molecule is CSCC(=O)N(CC1CCN(CCc2ccccc2C)CC1)C1CCCC1. The van der Waals surface area contributed by atoms with E-state index >= 15 is 0 Å². The minimum atomic E-state index is 0.372. The predicted molar refractivity (Wildman–Crippen MR) is 116 cm³/mol. The molecule has 0 N–H and O–H groups in total. The van der Waals surface area contributed by atoms with Crippen molar-refractivity contribution >= 4 is 17.7 Å². The molecule has 2 aliphatic rings. The summed E-state index contributed by atoms with van der Waals surface area (Å²) in [6.07, 6.45) is 10.7. The average molecular weight is 389 g/mol. The van der Waals surface area contributed by atoms with E-state index < -0.39 is 0 Å². The van der Waals surface area contributed by atoms with Crippen LogP contribution in [0.5, 0.6) is 0 Å². The molecule has 1 aliphatic heterocycles. The van der Waals surface area contributed by atoms with Crippen LogP contribution in [-0.2, 0) is 11.2 Å². The number of hydrogen-bond donors (Lipinski definition) is 0. The van der Waals surface area contributed by atoms with Gasteiger partial charge in [0.2, 0.25) is 5.91 Å². The molecule has 0 aromatic heterocycles. The van der Waals surface area contributed by atoms with Crippen LogP contribution >= 0.6 is 11.8 Å². The number of carbonyl (C=O) groups excluding carboxylic acids is 1. The summed E-state index contributed by atoms with van der Waals surface area (Å²) >= 11 is 1.67. The van der Waals surface area contributed by atoms with Gasteiger partial charge in [-0.15, -0.1) is 0 Å². The first-order chi connectivity index (χ1) is 13.2. The normalized spacial score (nSPS) is 19.5. The van der Waals surface area contributed by atoms with Crippen molar-refractivity contribution in [1.29, 1.82) is 0 Å². The molecule has 0 atom stereocenters. The van der Waals surface area contributed by atoms with Crippen molar-refractivity contribution in [2.75, 3.05) is 38.2 Å². The Morgan fingerprint density at radius 3 is 2.52 bits per heavy atom. The molecule has 1 aromatic carbocycles. The van der Waals surface area contributed by atoms with Gasteiger partial charge in [-0.2, -0.15) is 11.8 Å². The number of hydrogen-bond acceptors (Lipinski definition) is 3. The molecule has 3 nitrogen and oxygen atoms in total. The minimum absolute atomic E-state index is 0.372. The highest BCUT2D eigenvalue weighted by atomic mass is 32.2.